The quantitative estimate of drug-likeness (QED) is 0.772. The van der Waals surface area contributed by atoms with Crippen molar-refractivity contribution in [1.82, 2.24) is 29.5 Å². The lowest BCUT2D eigenvalue weighted by Gasteiger charge is -2.35. The highest BCUT2D eigenvalue weighted by Gasteiger charge is 2.32. The molecule has 7 heteroatoms. The van der Waals surface area contributed by atoms with Gasteiger partial charge in [0.25, 0.3) is 5.91 Å². The Kier molecular flexibility index (Phi) is 4.53. The van der Waals surface area contributed by atoms with Crippen molar-refractivity contribution >= 4 is 5.91 Å². The smallest absolute Gasteiger partial charge is 0.258 e. The molecule has 1 unspecified atom stereocenters. The van der Waals surface area contributed by atoms with Gasteiger partial charge in [0.2, 0.25) is 0 Å². The first-order valence-electron chi connectivity index (χ1n) is 9.17. The van der Waals surface area contributed by atoms with E-state index in [1.165, 1.54) is 0 Å². The summed E-state index contributed by atoms with van der Waals surface area (Å²) >= 11 is 0. The number of hydrogen-bond donors (Lipinski definition) is 1. The summed E-state index contributed by atoms with van der Waals surface area (Å²) in [5.41, 5.74) is 3.61. The monoisotopic (exact) mass is 364 g/mol. The molecular weight excluding hydrogens is 340 g/mol. The molecule has 0 saturated carbocycles. The zero-order valence-electron chi connectivity index (χ0n) is 15.9. The third kappa shape index (κ3) is 3.14. The van der Waals surface area contributed by atoms with Gasteiger partial charge in [-0.3, -0.25) is 4.79 Å². The van der Waals surface area contributed by atoms with Crippen molar-refractivity contribution in [3.8, 4) is 5.69 Å². The van der Waals surface area contributed by atoms with Gasteiger partial charge in [0, 0.05) is 39.1 Å². The number of aromatic nitrogens is 4. The number of carbonyl (C=O) groups is 1. The highest BCUT2D eigenvalue weighted by molar-refractivity contribution is 5.95. The second-order valence-corrected chi connectivity index (χ2v) is 7.01. The maximum Gasteiger partial charge on any atom is 0.258 e. The van der Waals surface area contributed by atoms with E-state index in [1.807, 2.05) is 59.4 Å². The Morgan fingerprint density at radius 2 is 2.15 bits per heavy atom. The van der Waals surface area contributed by atoms with Crippen molar-refractivity contribution in [3.63, 3.8) is 0 Å². The van der Waals surface area contributed by atoms with Crippen LogP contribution in [0.25, 0.3) is 5.69 Å². The van der Waals surface area contributed by atoms with Crippen LogP contribution in [0.15, 0.2) is 42.9 Å². The Morgan fingerprint density at radius 3 is 2.89 bits per heavy atom. The normalized spacial score (nSPS) is 17.3. The third-order valence-corrected chi connectivity index (χ3v) is 5.15. The van der Waals surface area contributed by atoms with Crippen molar-refractivity contribution in [1.29, 1.82) is 0 Å². The van der Waals surface area contributed by atoms with Crippen LogP contribution < -0.4 is 5.32 Å². The standard InChI is InChI=1S/C20H24N6O/c1-14-5-4-6-16(11-14)26-15(2)17(12-23-26)20(27)25-10-7-21-13-18(25)19-22-8-9-24(19)3/h4-6,8-9,11-12,18,21H,7,10,13H2,1-3H3. The summed E-state index contributed by atoms with van der Waals surface area (Å²) in [6.07, 6.45) is 5.36. The summed E-state index contributed by atoms with van der Waals surface area (Å²) in [5, 5.41) is 7.85. The van der Waals surface area contributed by atoms with Gasteiger partial charge in [0.1, 0.15) is 11.9 Å². The molecule has 3 aromatic rings. The Hall–Kier alpha value is -2.93. The molecule has 7 nitrogen and oxygen atoms in total. The number of aryl methyl sites for hydroxylation is 2. The molecule has 0 spiro atoms. The van der Waals surface area contributed by atoms with Gasteiger partial charge in [0.15, 0.2) is 0 Å². The molecule has 27 heavy (non-hydrogen) atoms. The molecule has 4 rings (SSSR count). The molecule has 0 radical (unpaired) electrons. The number of imidazole rings is 1. The van der Waals surface area contributed by atoms with E-state index in [9.17, 15) is 4.79 Å². The second kappa shape index (κ2) is 7.00. The van der Waals surface area contributed by atoms with Crippen LogP contribution in [0, 0.1) is 13.8 Å². The van der Waals surface area contributed by atoms with E-state index < -0.39 is 0 Å². The highest BCUT2D eigenvalue weighted by Crippen LogP contribution is 2.24. The molecule has 1 fully saturated rings. The first-order valence-corrected chi connectivity index (χ1v) is 9.17. The van der Waals surface area contributed by atoms with E-state index in [4.69, 9.17) is 0 Å². The van der Waals surface area contributed by atoms with Gasteiger partial charge < -0.3 is 14.8 Å². The van der Waals surface area contributed by atoms with E-state index >= 15 is 0 Å². The molecule has 2 aromatic heterocycles. The lowest BCUT2D eigenvalue weighted by atomic mass is 10.1. The van der Waals surface area contributed by atoms with Gasteiger partial charge in [-0.05, 0) is 31.5 Å². The van der Waals surface area contributed by atoms with Crippen molar-refractivity contribution in [2.75, 3.05) is 19.6 Å². The van der Waals surface area contributed by atoms with Gasteiger partial charge in [-0.1, -0.05) is 12.1 Å². The lowest BCUT2D eigenvalue weighted by molar-refractivity contribution is 0.0620. The predicted octanol–water partition coefficient (Wildman–Crippen LogP) is 2.01. The van der Waals surface area contributed by atoms with Crippen molar-refractivity contribution in [2.24, 2.45) is 7.05 Å². The summed E-state index contributed by atoms with van der Waals surface area (Å²) in [6, 6.07) is 8.03. The van der Waals surface area contributed by atoms with Crippen LogP contribution in [0.3, 0.4) is 0 Å². The summed E-state index contributed by atoms with van der Waals surface area (Å²) < 4.78 is 3.80. The number of carbonyl (C=O) groups excluding carboxylic acids is 1. The lowest BCUT2D eigenvalue weighted by Crippen LogP contribution is -2.49. The Bertz CT molecular complexity index is 973. The number of benzene rings is 1. The fourth-order valence-corrected chi connectivity index (χ4v) is 3.67. The first kappa shape index (κ1) is 17.5. The van der Waals surface area contributed by atoms with E-state index in [-0.39, 0.29) is 11.9 Å². The van der Waals surface area contributed by atoms with Gasteiger partial charge in [-0.2, -0.15) is 5.10 Å². The molecule has 3 heterocycles. The average molecular weight is 364 g/mol. The minimum absolute atomic E-state index is 0.000836. The van der Waals surface area contributed by atoms with E-state index in [0.717, 1.165) is 29.3 Å². The van der Waals surface area contributed by atoms with E-state index in [0.29, 0.717) is 18.7 Å². The van der Waals surface area contributed by atoms with Gasteiger partial charge >= 0.3 is 0 Å². The molecule has 1 aliphatic heterocycles. The number of piperazine rings is 1. The highest BCUT2D eigenvalue weighted by atomic mass is 16.2. The van der Waals surface area contributed by atoms with Gasteiger partial charge in [0.05, 0.1) is 23.1 Å². The fraction of sp³-hybridized carbons (Fsp3) is 0.350. The molecular formula is C20H24N6O. The van der Waals surface area contributed by atoms with E-state index in [2.05, 4.69) is 21.5 Å². The zero-order chi connectivity index (χ0) is 19.0. The maximum atomic E-state index is 13.4. The number of hydrogen-bond acceptors (Lipinski definition) is 4. The minimum atomic E-state index is -0.0898. The molecule has 1 atom stereocenters. The summed E-state index contributed by atoms with van der Waals surface area (Å²) in [6.45, 7) is 6.11. The SMILES string of the molecule is Cc1cccc(-n2ncc(C(=O)N3CCNCC3c3nccn3C)c2C)c1. The molecule has 140 valence electrons. The molecule has 1 saturated heterocycles. The predicted molar refractivity (Wildman–Crippen MR) is 103 cm³/mol. The first-order chi connectivity index (χ1) is 13.1. The zero-order valence-corrected chi connectivity index (χ0v) is 15.9. The largest absolute Gasteiger partial charge is 0.336 e. The van der Waals surface area contributed by atoms with Crippen molar-refractivity contribution in [3.05, 3.63) is 65.5 Å². The summed E-state index contributed by atoms with van der Waals surface area (Å²) in [7, 11) is 1.96. The Labute approximate surface area is 158 Å². The summed E-state index contributed by atoms with van der Waals surface area (Å²) in [5.74, 6) is 0.889. The number of amides is 1. The molecule has 1 aliphatic rings. The summed E-state index contributed by atoms with van der Waals surface area (Å²) in [4.78, 5) is 19.7. The minimum Gasteiger partial charge on any atom is -0.336 e. The van der Waals surface area contributed by atoms with E-state index in [1.54, 1.807) is 12.4 Å². The van der Waals surface area contributed by atoms with Crippen molar-refractivity contribution < 1.29 is 4.79 Å². The second-order valence-electron chi connectivity index (χ2n) is 7.01. The van der Waals surface area contributed by atoms with Gasteiger partial charge in [-0.25, -0.2) is 9.67 Å². The van der Waals surface area contributed by atoms with Gasteiger partial charge in [-0.15, -0.1) is 0 Å². The van der Waals surface area contributed by atoms with Crippen LogP contribution >= 0.6 is 0 Å². The van der Waals surface area contributed by atoms with Crippen molar-refractivity contribution in [2.45, 2.75) is 19.9 Å². The van der Waals surface area contributed by atoms with Crippen LogP contribution in [0.1, 0.15) is 33.5 Å². The molecule has 1 aromatic carbocycles. The van der Waals surface area contributed by atoms with Crippen LogP contribution in [0.4, 0.5) is 0 Å². The Morgan fingerprint density at radius 1 is 1.30 bits per heavy atom. The fourth-order valence-electron chi connectivity index (χ4n) is 3.67. The topological polar surface area (TPSA) is 68.0 Å². The number of rotatable bonds is 3. The van der Waals surface area contributed by atoms with Crippen LogP contribution in [0.5, 0.6) is 0 Å². The number of nitrogens with zero attached hydrogens (tertiary/aromatic N) is 5. The van der Waals surface area contributed by atoms with Crippen LogP contribution in [-0.4, -0.2) is 49.8 Å². The Balaban J connectivity index is 1.67. The number of nitrogens with one attached hydrogen (secondary N) is 1. The average Bonchev–Trinajstić information content (AvgIpc) is 3.27. The molecule has 1 N–H and O–H groups in total. The molecule has 1 amide bonds. The van der Waals surface area contributed by atoms with Crippen LogP contribution in [-0.2, 0) is 7.05 Å². The maximum absolute atomic E-state index is 13.4. The molecule has 0 aliphatic carbocycles. The van der Waals surface area contributed by atoms with Crippen LogP contribution in [0.2, 0.25) is 0 Å². The molecule has 0 bridgehead atoms. The third-order valence-electron chi connectivity index (χ3n) is 5.15.